The van der Waals surface area contributed by atoms with E-state index >= 15 is 0 Å². The monoisotopic (exact) mass is 263 g/mol. The molecule has 100 valence electrons. The van der Waals surface area contributed by atoms with Gasteiger partial charge in [0.15, 0.2) is 0 Å². The number of ether oxygens (including phenoxy) is 2. The normalized spacial score (nSPS) is 11.6. The predicted octanol–water partition coefficient (Wildman–Crippen LogP) is 1.34. The molecule has 0 atom stereocenters. The van der Waals surface area contributed by atoms with Crippen molar-refractivity contribution in [1.29, 1.82) is 0 Å². The Morgan fingerprint density at radius 1 is 1.53 bits per heavy atom. The van der Waals surface area contributed by atoms with E-state index in [-0.39, 0.29) is 12.2 Å². The van der Waals surface area contributed by atoms with Gasteiger partial charge in [-0.2, -0.15) is 4.73 Å². The molecule has 0 aliphatic heterocycles. The molecule has 7 nitrogen and oxygen atoms in total. The van der Waals surface area contributed by atoms with Crippen molar-refractivity contribution >= 4 is 17.0 Å². The van der Waals surface area contributed by atoms with Crippen molar-refractivity contribution in [2.24, 2.45) is 4.99 Å². The van der Waals surface area contributed by atoms with Gasteiger partial charge in [-0.1, -0.05) is 0 Å². The largest absolute Gasteiger partial charge is 0.497 e. The molecule has 0 unspecified atom stereocenters. The van der Waals surface area contributed by atoms with E-state index in [9.17, 15) is 10.0 Å². The molecule has 1 aromatic carbocycles. The van der Waals surface area contributed by atoms with Gasteiger partial charge in [-0.25, -0.2) is 9.78 Å². The van der Waals surface area contributed by atoms with Crippen LogP contribution in [0.5, 0.6) is 5.75 Å². The van der Waals surface area contributed by atoms with E-state index in [0.717, 1.165) is 0 Å². The number of aromatic nitrogens is 2. The molecule has 0 saturated carbocycles. The molecule has 2 aromatic rings. The molecular weight excluding hydrogens is 250 g/mol. The smallest absolute Gasteiger partial charge is 0.437 e. The topological polar surface area (TPSA) is 85.9 Å². The molecule has 1 amide bonds. The summed E-state index contributed by atoms with van der Waals surface area (Å²) in [6.07, 6.45) is 0.591. The molecular formula is C12H13N3O4. The minimum absolute atomic E-state index is 0.142. The van der Waals surface area contributed by atoms with Gasteiger partial charge < -0.3 is 14.7 Å². The molecule has 0 spiro atoms. The molecule has 2 rings (SSSR count). The van der Waals surface area contributed by atoms with Crippen molar-refractivity contribution in [3.8, 4) is 5.75 Å². The van der Waals surface area contributed by atoms with Gasteiger partial charge in [0.05, 0.1) is 25.4 Å². The summed E-state index contributed by atoms with van der Waals surface area (Å²) in [7, 11) is 1.55. The highest BCUT2D eigenvalue weighted by Gasteiger charge is 2.04. The average molecular weight is 263 g/mol. The maximum atomic E-state index is 11.2. The highest BCUT2D eigenvalue weighted by atomic mass is 16.5. The molecule has 19 heavy (non-hydrogen) atoms. The van der Waals surface area contributed by atoms with Gasteiger partial charge in [-0.3, -0.25) is 0 Å². The summed E-state index contributed by atoms with van der Waals surface area (Å²) in [4.78, 5) is 18.8. The van der Waals surface area contributed by atoms with Crippen molar-refractivity contribution in [2.45, 2.75) is 6.92 Å². The lowest BCUT2D eigenvalue weighted by molar-refractivity contribution is 0.151. The lowest BCUT2D eigenvalue weighted by Crippen LogP contribution is -2.24. The summed E-state index contributed by atoms with van der Waals surface area (Å²) < 4.78 is 10.4. The van der Waals surface area contributed by atoms with Crippen LogP contribution < -0.4 is 10.4 Å². The predicted molar refractivity (Wildman–Crippen MR) is 66.1 cm³/mol. The molecule has 0 fully saturated rings. The summed E-state index contributed by atoms with van der Waals surface area (Å²) in [6, 6.07) is 5.15. The van der Waals surface area contributed by atoms with E-state index in [1.165, 1.54) is 6.20 Å². The second-order valence-electron chi connectivity index (χ2n) is 3.62. The van der Waals surface area contributed by atoms with Crippen molar-refractivity contribution in [2.75, 3.05) is 13.7 Å². The van der Waals surface area contributed by atoms with E-state index < -0.39 is 6.09 Å². The Morgan fingerprint density at radius 2 is 2.32 bits per heavy atom. The van der Waals surface area contributed by atoms with Crippen LogP contribution in [0.2, 0.25) is 0 Å². The Bertz CT molecular complexity index is 678. The first kappa shape index (κ1) is 12.9. The zero-order chi connectivity index (χ0) is 13.8. The first-order valence-corrected chi connectivity index (χ1v) is 5.62. The maximum absolute atomic E-state index is 11.2. The third kappa shape index (κ3) is 2.82. The fourth-order valence-corrected chi connectivity index (χ4v) is 1.53. The number of hydrogen-bond acceptors (Lipinski definition) is 5. The van der Waals surface area contributed by atoms with Crippen LogP contribution in [-0.2, 0) is 4.74 Å². The van der Waals surface area contributed by atoms with Crippen LogP contribution in [0.25, 0.3) is 10.9 Å². The summed E-state index contributed by atoms with van der Waals surface area (Å²) in [6.45, 7) is 1.87. The van der Waals surface area contributed by atoms with Gasteiger partial charge in [0.2, 0.25) is 0 Å². The van der Waals surface area contributed by atoms with Crippen LogP contribution in [0.4, 0.5) is 4.79 Å². The molecule has 0 aliphatic carbocycles. The Kier molecular flexibility index (Phi) is 3.65. The number of benzene rings is 1. The summed E-state index contributed by atoms with van der Waals surface area (Å²) in [5, 5.41) is 10.4. The molecule has 1 aromatic heterocycles. The highest BCUT2D eigenvalue weighted by molar-refractivity contribution is 5.79. The van der Waals surface area contributed by atoms with E-state index in [0.29, 0.717) is 21.4 Å². The SMILES string of the molecule is CCOC(=O)/N=c1/nc2ccc(OC)cc2cn1O. The third-order valence-electron chi connectivity index (χ3n) is 2.38. The standard InChI is InChI=1S/C12H13N3O4/c1-3-19-12(16)14-11-13-10-5-4-9(18-2)6-8(10)7-15(11)17/h4-7,17H,3H2,1-2H3/b14-11-. The van der Waals surface area contributed by atoms with Crippen LogP contribution >= 0.6 is 0 Å². The van der Waals surface area contributed by atoms with Gasteiger partial charge in [0.1, 0.15) is 5.75 Å². The van der Waals surface area contributed by atoms with E-state index in [2.05, 4.69) is 14.7 Å². The number of fused-ring (bicyclic) bond motifs is 1. The second-order valence-corrected chi connectivity index (χ2v) is 3.62. The third-order valence-corrected chi connectivity index (χ3v) is 2.38. The Hall–Kier alpha value is -2.57. The summed E-state index contributed by atoms with van der Waals surface area (Å²) >= 11 is 0. The van der Waals surface area contributed by atoms with Crippen LogP contribution in [-0.4, -0.2) is 34.7 Å². The fraction of sp³-hybridized carbons (Fsp3) is 0.250. The van der Waals surface area contributed by atoms with Crippen LogP contribution in [0.3, 0.4) is 0 Å². The molecule has 1 heterocycles. The lowest BCUT2D eigenvalue weighted by Gasteiger charge is -2.04. The molecule has 0 aliphatic rings. The summed E-state index contributed by atoms with van der Waals surface area (Å²) in [5.41, 5.74) is 0.435. The number of methoxy groups -OCH3 is 1. The average Bonchev–Trinajstić information content (AvgIpc) is 2.39. The van der Waals surface area contributed by atoms with Crippen molar-refractivity contribution in [1.82, 2.24) is 9.71 Å². The van der Waals surface area contributed by atoms with Gasteiger partial charge >= 0.3 is 6.09 Å². The van der Waals surface area contributed by atoms with Crippen molar-refractivity contribution < 1.29 is 19.5 Å². The zero-order valence-corrected chi connectivity index (χ0v) is 10.5. The lowest BCUT2D eigenvalue weighted by atomic mass is 10.2. The number of amides is 1. The molecule has 7 heteroatoms. The highest BCUT2D eigenvalue weighted by Crippen LogP contribution is 2.17. The Morgan fingerprint density at radius 3 is 3.00 bits per heavy atom. The van der Waals surface area contributed by atoms with E-state index in [4.69, 9.17) is 4.74 Å². The van der Waals surface area contributed by atoms with E-state index in [1.807, 2.05) is 0 Å². The van der Waals surface area contributed by atoms with Crippen LogP contribution in [0.15, 0.2) is 29.4 Å². The Labute approximate surface area is 108 Å². The van der Waals surface area contributed by atoms with Crippen molar-refractivity contribution in [3.63, 3.8) is 0 Å². The second kappa shape index (κ2) is 5.38. The van der Waals surface area contributed by atoms with Gasteiger partial charge in [-0.05, 0) is 25.1 Å². The van der Waals surface area contributed by atoms with Gasteiger partial charge in [0.25, 0.3) is 5.62 Å². The van der Waals surface area contributed by atoms with Gasteiger partial charge in [-0.15, -0.1) is 4.99 Å². The number of rotatable bonds is 2. The number of carbonyl (C=O) groups is 1. The van der Waals surface area contributed by atoms with Crippen LogP contribution in [0.1, 0.15) is 6.92 Å². The number of carbonyl (C=O) groups excluding carboxylic acids is 1. The van der Waals surface area contributed by atoms with Crippen molar-refractivity contribution in [3.05, 3.63) is 30.0 Å². The summed E-state index contributed by atoms with van der Waals surface area (Å²) in [5.74, 6) is 0.643. The molecule has 0 bridgehead atoms. The van der Waals surface area contributed by atoms with Crippen LogP contribution in [0, 0.1) is 0 Å². The van der Waals surface area contributed by atoms with Gasteiger partial charge in [0, 0.05) is 5.39 Å². The first-order valence-electron chi connectivity index (χ1n) is 5.62. The minimum atomic E-state index is -0.800. The zero-order valence-electron chi connectivity index (χ0n) is 10.5. The molecule has 1 N–H and O–H groups in total. The fourth-order valence-electron chi connectivity index (χ4n) is 1.53. The first-order chi connectivity index (χ1) is 9.13. The minimum Gasteiger partial charge on any atom is -0.497 e. The number of hydrogen-bond donors (Lipinski definition) is 1. The van der Waals surface area contributed by atoms with E-state index in [1.54, 1.807) is 32.2 Å². The number of nitrogens with zero attached hydrogens (tertiary/aromatic N) is 3. The molecule has 0 radical (unpaired) electrons. The molecule has 0 saturated heterocycles. The Balaban J connectivity index is 2.53. The quantitative estimate of drug-likeness (QED) is 0.826. The maximum Gasteiger partial charge on any atom is 0.437 e.